The molecule has 1 saturated heterocycles. The van der Waals surface area contributed by atoms with Gasteiger partial charge in [0.05, 0.1) is 6.04 Å². The number of dihydropyridines is 1. The second-order valence-electron chi connectivity index (χ2n) is 6.45. The van der Waals surface area contributed by atoms with E-state index >= 15 is 0 Å². The van der Waals surface area contributed by atoms with Crippen LogP contribution in [-0.4, -0.2) is 67.0 Å². The number of likely N-dealkylation sites (N-methyl/N-ethyl adjacent to an activating group) is 1. The summed E-state index contributed by atoms with van der Waals surface area (Å²) in [6.07, 6.45) is 4.95. The molecule has 5 heteroatoms. The normalized spacial score (nSPS) is 24.5. The summed E-state index contributed by atoms with van der Waals surface area (Å²) in [5.41, 5.74) is 0.772. The van der Waals surface area contributed by atoms with Crippen LogP contribution < -0.4 is 0 Å². The zero-order valence-corrected chi connectivity index (χ0v) is 12.9. The number of carbonyl (C=O) groups is 1. The molecule has 2 rings (SSSR count). The maximum absolute atomic E-state index is 12.2. The van der Waals surface area contributed by atoms with Crippen molar-refractivity contribution in [1.82, 2.24) is 9.80 Å². The summed E-state index contributed by atoms with van der Waals surface area (Å²) in [6.45, 7) is 8.80. The summed E-state index contributed by atoms with van der Waals surface area (Å²) in [7, 11) is 2.10. The Morgan fingerprint density at radius 1 is 1.40 bits per heavy atom. The van der Waals surface area contributed by atoms with Crippen molar-refractivity contribution in [3.05, 3.63) is 11.6 Å². The molecular weight excluding hydrogens is 254 g/mol. The lowest BCUT2D eigenvalue weighted by atomic mass is 10.0. The number of nitrogens with zero attached hydrogens (tertiary/aromatic N) is 3. The molecule has 20 heavy (non-hydrogen) atoms. The molecule has 1 atom stereocenters. The fourth-order valence-corrected chi connectivity index (χ4v) is 2.48. The highest BCUT2D eigenvalue weighted by molar-refractivity contribution is 5.81. The Labute approximate surface area is 121 Å². The Kier molecular flexibility index (Phi) is 4.48. The van der Waals surface area contributed by atoms with Crippen LogP contribution in [0.2, 0.25) is 0 Å². The Morgan fingerprint density at radius 3 is 2.75 bits per heavy atom. The van der Waals surface area contributed by atoms with Gasteiger partial charge in [-0.25, -0.2) is 4.79 Å². The number of aliphatic imine (C=N–C) groups is 1. The van der Waals surface area contributed by atoms with Gasteiger partial charge in [0.15, 0.2) is 0 Å². The summed E-state index contributed by atoms with van der Waals surface area (Å²) < 4.78 is 5.46. The molecule has 0 bridgehead atoms. The van der Waals surface area contributed by atoms with Crippen molar-refractivity contribution >= 4 is 12.3 Å². The fourth-order valence-electron chi connectivity index (χ4n) is 2.48. The van der Waals surface area contributed by atoms with Crippen LogP contribution in [0.25, 0.3) is 0 Å². The molecule has 0 aromatic rings. The second kappa shape index (κ2) is 5.95. The van der Waals surface area contributed by atoms with Gasteiger partial charge in [-0.2, -0.15) is 0 Å². The summed E-state index contributed by atoms with van der Waals surface area (Å²) >= 11 is 0. The third kappa shape index (κ3) is 3.82. The lowest BCUT2D eigenvalue weighted by molar-refractivity contribution is 0.0112. The standard InChI is InChI=1S/C15H25N3O2/c1-15(2,3)20-14(19)18-9-8-17(4)13(11-18)12-6-5-7-16-10-12/h6,10,13H,5,7-9,11H2,1-4H3. The molecule has 0 spiro atoms. The molecule has 2 aliphatic heterocycles. The first-order chi connectivity index (χ1) is 9.37. The average Bonchev–Trinajstić information content (AvgIpc) is 2.38. The summed E-state index contributed by atoms with van der Waals surface area (Å²) in [4.78, 5) is 20.6. The monoisotopic (exact) mass is 279 g/mol. The average molecular weight is 279 g/mol. The van der Waals surface area contributed by atoms with Gasteiger partial charge in [-0.3, -0.25) is 9.89 Å². The van der Waals surface area contributed by atoms with Crippen molar-refractivity contribution in [2.45, 2.75) is 38.8 Å². The number of ether oxygens (including phenoxy) is 1. The molecule has 5 nitrogen and oxygen atoms in total. The molecule has 112 valence electrons. The second-order valence-corrected chi connectivity index (χ2v) is 6.45. The summed E-state index contributed by atoms with van der Waals surface area (Å²) in [5, 5.41) is 0. The van der Waals surface area contributed by atoms with E-state index in [0.29, 0.717) is 13.1 Å². The topological polar surface area (TPSA) is 45.1 Å². The van der Waals surface area contributed by atoms with Crippen molar-refractivity contribution in [3.8, 4) is 0 Å². The Bertz CT molecular complexity index is 423. The molecule has 0 aliphatic carbocycles. The smallest absolute Gasteiger partial charge is 0.410 e. The lowest BCUT2D eigenvalue weighted by Crippen LogP contribution is -2.55. The number of hydrogen-bond donors (Lipinski definition) is 0. The molecule has 0 saturated carbocycles. The van der Waals surface area contributed by atoms with Crippen molar-refractivity contribution in [2.24, 2.45) is 4.99 Å². The molecule has 0 aromatic heterocycles. The maximum Gasteiger partial charge on any atom is 0.410 e. The molecule has 0 N–H and O–H groups in total. The van der Waals surface area contributed by atoms with E-state index in [0.717, 1.165) is 19.5 Å². The van der Waals surface area contributed by atoms with E-state index in [-0.39, 0.29) is 12.1 Å². The zero-order chi connectivity index (χ0) is 14.8. The number of amides is 1. The molecular formula is C15H25N3O2. The van der Waals surface area contributed by atoms with E-state index in [2.05, 4.69) is 23.0 Å². The van der Waals surface area contributed by atoms with Crippen molar-refractivity contribution in [2.75, 3.05) is 33.2 Å². The van der Waals surface area contributed by atoms with Crippen LogP contribution in [-0.2, 0) is 4.74 Å². The lowest BCUT2D eigenvalue weighted by Gasteiger charge is -2.40. The molecule has 0 radical (unpaired) electrons. The third-order valence-electron chi connectivity index (χ3n) is 3.56. The number of piperazine rings is 1. The van der Waals surface area contributed by atoms with Crippen LogP contribution in [0, 0.1) is 0 Å². The van der Waals surface area contributed by atoms with E-state index < -0.39 is 5.60 Å². The predicted octanol–water partition coefficient (Wildman–Crippen LogP) is 1.94. The highest BCUT2D eigenvalue weighted by atomic mass is 16.6. The van der Waals surface area contributed by atoms with Gasteiger partial charge in [0.2, 0.25) is 0 Å². The van der Waals surface area contributed by atoms with Crippen molar-refractivity contribution in [3.63, 3.8) is 0 Å². The highest BCUT2D eigenvalue weighted by Gasteiger charge is 2.31. The molecule has 1 amide bonds. The zero-order valence-electron chi connectivity index (χ0n) is 12.9. The third-order valence-corrected chi connectivity index (χ3v) is 3.56. The minimum absolute atomic E-state index is 0.219. The van der Waals surface area contributed by atoms with E-state index in [1.165, 1.54) is 5.57 Å². The molecule has 1 unspecified atom stereocenters. The Hall–Kier alpha value is -1.36. The van der Waals surface area contributed by atoms with Gasteiger partial charge in [-0.1, -0.05) is 6.08 Å². The van der Waals surface area contributed by atoms with E-state index in [1.54, 1.807) is 4.90 Å². The van der Waals surface area contributed by atoms with E-state index in [1.807, 2.05) is 27.0 Å². The molecule has 0 aromatic carbocycles. The quantitative estimate of drug-likeness (QED) is 0.737. The van der Waals surface area contributed by atoms with Crippen LogP contribution in [0.3, 0.4) is 0 Å². The summed E-state index contributed by atoms with van der Waals surface area (Å²) in [5.74, 6) is 0. The van der Waals surface area contributed by atoms with E-state index in [4.69, 9.17) is 4.74 Å². The first kappa shape index (κ1) is 15.0. The van der Waals surface area contributed by atoms with Crippen LogP contribution in [0.15, 0.2) is 16.6 Å². The van der Waals surface area contributed by atoms with Crippen molar-refractivity contribution < 1.29 is 9.53 Å². The van der Waals surface area contributed by atoms with Gasteiger partial charge in [-0.05, 0) is 39.8 Å². The minimum atomic E-state index is -0.443. The van der Waals surface area contributed by atoms with Gasteiger partial charge in [0, 0.05) is 32.4 Å². The van der Waals surface area contributed by atoms with E-state index in [9.17, 15) is 4.79 Å². The SMILES string of the molecule is CN1CCN(C(=O)OC(C)(C)C)CC1C1=CCCN=C1. The molecule has 2 aliphatic rings. The van der Waals surface area contributed by atoms with Gasteiger partial charge < -0.3 is 9.64 Å². The number of carbonyl (C=O) groups excluding carboxylic acids is 1. The Balaban J connectivity index is 2.02. The summed E-state index contributed by atoms with van der Waals surface area (Å²) in [6, 6.07) is 0.223. The fraction of sp³-hybridized carbons (Fsp3) is 0.733. The van der Waals surface area contributed by atoms with Gasteiger partial charge >= 0.3 is 6.09 Å². The molecule has 2 heterocycles. The van der Waals surface area contributed by atoms with Crippen LogP contribution in [0.5, 0.6) is 0 Å². The van der Waals surface area contributed by atoms with Crippen LogP contribution in [0.1, 0.15) is 27.2 Å². The highest BCUT2D eigenvalue weighted by Crippen LogP contribution is 2.19. The number of rotatable bonds is 1. The Morgan fingerprint density at radius 2 is 2.15 bits per heavy atom. The largest absolute Gasteiger partial charge is 0.444 e. The van der Waals surface area contributed by atoms with Crippen molar-refractivity contribution in [1.29, 1.82) is 0 Å². The minimum Gasteiger partial charge on any atom is -0.444 e. The van der Waals surface area contributed by atoms with Crippen LogP contribution >= 0.6 is 0 Å². The number of hydrogen-bond acceptors (Lipinski definition) is 4. The van der Waals surface area contributed by atoms with Crippen LogP contribution in [0.4, 0.5) is 4.79 Å². The molecule has 1 fully saturated rings. The maximum atomic E-state index is 12.2. The predicted molar refractivity (Wildman–Crippen MR) is 80.3 cm³/mol. The first-order valence-electron chi connectivity index (χ1n) is 7.25. The first-order valence-corrected chi connectivity index (χ1v) is 7.25. The van der Waals surface area contributed by atoms with Gasteiger partial charge in [0.25, 0.3) is 0 Å². The van der Waals surface area contributed by atoms with Gasteiger partial charge in [0.1, 0.15) is 5.60 Å². The van der Waals surface area contributed by atoms with Gasteiger partial charge in [-0.15, -0.1) is 0 Å².